The molecule has 0 aromatic carbocycles. The van der Waals surface area contributed by atoms with Crippen LogP contribution in [0.4, 0.5) is 0 Å². The highest BCUT2D eigenvalue weighted by molar-refractivity contribution is 8.01. The van der Waals surface area contributed by atoms with Gasteiger partial charge in [-0.2, -0.15) is 11.8 Å². The van der Waals surface area contributed by atoms with E-state index in [2.05, 4.69) is 0 Å². The van der Waals surface area contributed by atoms with Gasteiger partial charge in [-0.3, -0.25) is 0 Å². The molecule has 1 atom stereocenters. The molecule has 0 bridgehead atoms. The van der Waals surface area contributed by atoms with Crippen molar-refractivity contribution in [3.63, 3.8) is 0 Å². The van der Waals surface area contributed by atoms with E-state index in [1.165, 1.54) is 12.2 Å². The van der Waals surface area contributed by atoms with E-state index in [1.807, 2.05) is 11.8 Å². The van der Waals surface area contributed by atoms with E-state index in [0.717, 1.165) is 11.7 Å². The fourth-order valence-corrected chi connectivity index (χ4v) is 1.50. The van der Waals surface area contributed by atoms with Gasteiger partial charge in [0.2, 0.25) is 0 Å². The van der Waals surface area contributed by atoms with Crippen molar-refractivity contribution >= 4 is 11.8 Å². The van der Waals surface area contributed by atoms with Crippen molar-refractivity contribution in [2.24, 2.45) is 0 Å². The van der Waals surface area contributed by atoms with Crippen molar-refractivity contribution in [1.29, 1.82) is 0 Å². The van der Waals surface area contributed by atoms with Gasteiger partial charge in [-0.1, -0.05) is 0 Å². The van der Waals surface area contributed by atoms with Crippen LogP contribution >= 0.6 is 11.8 Å². The molecule has 1 heterocycles. The molecule has 1 rings (SSSR count). The van der Waals surface area contributed by atoms with Crippen LogP contribution in [0.15, 0.2) is 0 Å². The summed E-state index contributed by atoms with van der Waals surface area (Å²) in [5, 5.41) is 9.18. The van der Waals surface area contributed by atoms with Crippen LogP contribution in [-0.4, -0.2) is 22.7 Å². The molecule has 1 nitrogen and oxygen atoms in total. The SMILES string of the molecule is OCCC1CCS1. The van der Waals surface area contributed by atoms with Crippen molar-refractivity contribution in [2.75, 3.05) is 12.4 Å². The lowest BCUT2D eigenvalue weighted by atomic mass is 10.2. The first-order chi connectivity index (χ1) is 3.43. The summed E-state index contributed by atoms with van der Waals surface area (Å²) < 4.78 is 0. The number of hydrogen-bond acceptors (Lipinski definition) is 2. The van der Waals surface area contributed by atoms with Crippen LogP contribution in [0.2, 0.25) is 0 Å². The zero-order valence-corrected chi connectivity index (χ0v) is 5.08. The van der Waals surface area contributed by atoms with Gasteiger partial charge in [0.05, 0.1) is 0 Å². The number of aliphatic hydroxyl groups is 1. The maximum Gasteiger partial charge on any atom is 0.0441 e. The molecular formula is C5H10OS. The molecule has 1 N–H and O–H groups in total. The Morgan fingerprint density at radius 1 is 1.71 bits per heavy atom. The summed E-state index contributed by atoms with van der Waals surface area (Å²) in [5.74, 6) is 1.31. The van der Waals surface area contributed by atoms with Gasteiger partial charge in [-0.15, -0.1) is 0 Å². The molecule has 0 radical (unpaired) electrons. The Balaban J connectivity index is 1.93. The molecule has 0 aliphatic carbocycles. The van der Waals surface area contributed by atoms with E-state index in [9.17, 15) is 0 Å². The maximum absolute atomic E-state index is 8.39. The van der Waals surface area contributed by atoms with Crippen molar-refractivity contribution in [1.82, 2.24) is 0 Å². The van der Waals surface area contributed by atoms with Crippen LogP contribution < -0.4 is 0 Å². The molecule has 1 aliphatic rings. The largest absolute Gasteiger partial charge is 0.396 e. The fraction of sp³-hybridized carbons (Fsp3) is 1.00. The summed E-state index contributed by atoms with van der Waals surface area (Å²) >= 11 is 1.97. The summed E-state index contributed by atoms with van der Waals surface area (Å²) in [5.41, 5.74) is 0. The predicted molar refractivity (Wildman–Crippen MR) is 32.6 cm³/mol. The van der Waals surface area contributed by atoms with Crippen LogP contribution in [0.1, 0.15) is 12.8 Å². The van der Waals surface area contributed by atoms with Crippen LogP contribution in [0.3, 0.4) is 0 Å². The minimum atomic E-state index is 0.373. The second-order valence-electron chi connectivity index (χ2n) is 1.79. The van der Waals surface area contributed by atoms with E-state index >= 15 is 0 Å². The van der Waals surface area contributed by atoms with E-state index in [1.54, 1.807) is 0 Å². The van der Waals surface area contributed by atoms with Gasteiger partial charge in [-0.05, 0) is 18.6 Å². The first-order valence-corrected chi connectivity index (χ1v) is 3.71. The third-order valence-corrected chi connectivity index (χ3v) is 2.66. The zero-order chi connectivity index (χ0) is 5.11. The van der Waals surface area contributed by atoms with Gasteiger partial charge in [0.1, 0.15) is 0 Å². The maximum atomic E-state index is 8.39. The lowest BCUT2D eigenvalue weighted by molar-refractivity contribution is 0.284. The van der Waals surface area contributed by atoms with E-state index in [-0.39, 0.29) is 0 Å². The zero-order valence-electron chi connectivity index (χ0n) is 4.26. The summed E-state index contributed by atoms with van der Waals surface area (Å²) in [6.45, 7) is 0.373. The Labute approximate surface area is 48.1 Å². The first-order valence-electron chi connectivity index (χ1n) is 2.66. The van der Waals surface area contributed by atoms with Gasteiger partial charge in [0.25, 0.3) is 0 Å². The molecular weight excluding hydrogens is 108 g/mol. The Kier molecular flexibility index (Phi) is 2.00. The van der Waals surface area contributed by atoms with E-state index < -0.39 is 0 Å². The third-order valence-electron chi connectivity index (χ3n) is 1.24. The molecule has 42 valence electrons. The van der Waals surface area contributed by atoms with E-state index in [4.69, 9.17) is 5.11 Å². The molecule has 0 saturated carbocycles. The molecule has 1 saturated heterocycles. The summed E-state index contributed by atoms with van der Waals surface area (Å²) in [6, 6.07) is 0. The predicted octanol–water partition coefficient (Wildman–Crippen LogP) is 0.874. The molecule has 1 fully saturated rings. The average molecular weight is 118 g/mol. The third kappa shape index (κ3) is 1.35. The van der Waals surface area contributed by atoms with Gasteiger partial charge in [-0.25, -0.2) is 0 Å². The monoisotopic (exact) mass is 118 g/mol. The second kappa shape index (κ2) is 2.58. The Morgan fingerprint density at radius 3 is 2.57 bits per heavy atom. The van der Waals surface area contributed by atoms with Gasteiger partial charge in [0, 0.05) is 11.9 Å². The molecule has 0 amide bonds. The minimum absolute atomic E-state index is 0.373. The van der Waals surface area contributed by atoms with Crippen molar-refractivity contribution in [2.45, 2.75) is 18.1 Å². The highest BCUT2D eigenvalue weighted by Gasteiger charge is 2.16. The van der Waals surface area contributed by atoms with Crippen LogP contribution in [-0.2, 0) is 0 Å². The number of rotatable bonds is 2. The Bertz CT molecular complexity index is 52.0. The summed E-state index contributed by atoms with van der Waals surface area (Å²) in [4.78, 5) is 0. The van der Waals surface area contributed by atoms with Gasteiger partial charge in [0.15, 0.2) is 0 Å². The van der Waals surface area contributed by atoms with Crippen molar-refractivity contribution in [3.05, 3.63) is 0 Å². The van der Waals surface area contributed by atoms with Crippen LogP contribution in [0.25, 0.3) is 0 Å². The molecule has 0 aromatic rings. The molecule has 0 aromatic heterocycles. The smallest absolute Gasteiger partial charge is 0.0441 e. The number of aliphatic hydroxyl groups excluding tert-OH is 1. The fourth-order valence-electron chi connectivity index (χ4n) is 0.656. The first kappa shape index (κ1) is 5.45. The topological polar surface area (TPSA) is 20.2 Å². The lowest BCUT2D eigenvalue weighted by Gasteiger charge is -2.23. The highest BCUT2D eigenvalue weighted by atomic mass is 32.2. The quantitative estimate of drug-likeness (QED) is 0.580. The normalized spacial score (nSPS) is 29.6. The molecule has 0 spiro atoms. The minimum Gasteiger partial charge on any atom is -0.396 e. The van der Waals surface area contributed by atoms with Crippen LogP contribution in [0, 0.1) is 0 Å². The molecule has 7 heavy (non-hydrogen) atoms. The van der Waals surface area contributed by atoms with Gasteiger partial charge >= 0.3 is 0 Å². The van der Waals surface area contributed by atoms with Gasteiger partial charge < -0.3 is 5.11 Å². The molecule has 1 aliphatic heterocycles. The summed E-state index contributed by atoms with van der Waals surface area (Å²) in [7, 11) is 0. The highest BCUT2D eigenvalue weighted by Crippen LogP contribution is 2.29. The lowest BCUT2D eigenvalue weighted by Crippen LogP contribution is -2.16. The van der Waals surface area contributed by atoms with E-state index in [0.29, 0.717) is 6.61 Å². The van der Waals surface area contributed by atoms with Crippen molar-refractivity contribution < 1.29 is 5.11 Å². The molecule has 1 unspecified atom stereocenters. The Morgan fingerprint density at radius 2 is 2.43 bits per heavy atom. The molecule has 2 heteroatoms. The van der Waals surface area contributed by atoms with Crippen molar-refractivity contribution in [3.8, 4) is 0 Å². The Hall–Kier alpha value is 0.310. The standard InChI is InChI=1S/C5H10OS/c6-3-1-5-2-4-7-5/h5-6H,1-4H2. The summed E-state index contributed by atoms with van der Waals surface area (Å²) in [6.07, 6.45) is 2.33. The van der Waals surface area contributed by atoms with Crippen LogP contribution in [0.5, 0.6) is 0 Å². The number of hydrogen-bond donors (Lipinski definition) is 1. The second-order valence-corrected chi connectivity index (χ2v) is 3.20. The number of thioether (sulfide) groups is 1. The average Bonchev–Trinajstić information content (AvgIpc) is 1.55.